The maximum Gasteiger partial charge on any atom is 0.419 e. The molecule has 3 aromatic carbocycles. The van der Waals surface area contributed by atoms with Crippen LogP contribution in [0.25, 0.3) is 0 Å². The monoisotopic (exact) mass is 686 g/mol. The number of halogens is 11. The van der Waals surface area contributed by atoms with Gasteiger partial charge in [-0.15, -0.1) is 23.2 Å². The molecule has 5 nitrogen and oxygen atoms in total. The summed E-state index contributed by atoms with van der Waals surface area (Å²) >= 11 is 18.5. The highest BCUT2D eigenvalue weighted by atomic mass is 35.5. The summed E-state index contributed by atoms with van der Waals surface area (Å²) in [5.41, 5.74) is -3.56. The van der Waals surface area contributed by atoms with E-state index in [2.05, 4.69) is 5.32 Å². The van der Waals surface area contributed by atoms with Gasteiger partial charge in [0.1, 0.15) is 21.7 Å². The van der Waals surface area contributed by atoms with Crippen LogP contribution in [-0.2, 0) is 22.2 Å². The molecular formula is C28H17Cl3F8N2O3. The van der Waals surface area contributed by atoms with Gasteiger partial charge in [0, 0.05) is 30.6 Å². The van der Waals surface area contributed by atoms with E-state index in [1.165, 1.54) is 12.1 Å². The van der Waals surface area contributed by atoms with Crippen LogP contribution in [0.15, 0.2) is 48.5 Å². The summed E-state index contributed by atoms with van der Waals surface area (Å²) in [4.78, 5) is 37.7. The van der Waals surface area contributed by atoms with Crippen LogP contribution < -0.4 is 10.2 Å². The average Bonchev–Trinajstić information content (AvgIpc) is 3.51. The van der Waals surface area contributed by atoms with E-state index in [-0.39, 0.29) is 26.7 Å². The van der Waals surface area contributed by atoms with Gasteiger partial charge in [0.25, 0.3) is 5.91 Å². The van der Waals surface area contributed by atoms with Crippen molar-refractivity contribution in [1.29, 1.82) is 0 Å². The molecule has 1 aliphatic carbocycles. The standard InChI is InChI=1S/C28H17Cl3F8N2O3/c1-41(26(44)24(35)36)23-18(33)7-3-12(22(23)34)9-19(42)14-10-13(4-5-16(14)29)40-25(43)21-20(27(21,30)31)11-2-6-17(32)15(8-11)28(37,38)39/h2-8,10,20-21,24H,9H2,1H3,(H,40,43)/t20-,21+/m0/s1. The summed E-state index contributed by atoms with van der Waals surface area (Å²) in [5.74, 6) is -10.3. The molecule has 0 aromatic heterocycles. The lowest BCUT2D eigenvalue weighted by Gasteiger charge is -2.19. The number of rotatable bonds is 8. The molecule has 16 heteroatoms. The molecule has 0 bridgehead atoms. The maximum atomic E-state index is 15.1. The molecule has 0 saturated heterocycles. The zero-order valence-electron chi connectivity index (χ0n) is 21.9. The second-order valence-electron chi connectivity index (χ2n) is 9.72. The topological polar surface area (TPSA) is 66.5 Å². The van der Waals surface area contributed by atoms with Gasteiger partial charge >= 0.3 is 12.6 Å². The smallest absolute Gasteiger partial charge is 0.326 e. The number of amides is 2. The molecule has 4 rings (SSSR count). The molecule has 1 fully saturated rings. The molecule has 0 heterocycles. The highest BCUT2D eigenvalue weighted by Gasteiger charge is 2.67. The van der Waals surface area contributed by atoms with Gasteiger partial charge in [0.15, 0.2) is 11.6 Å². The molecule has 0 radical (unpaired) electrons. The molecule has 2 atom stereocenters. The third-order valence-electron chi connectivity index (χ3n) is 6.88. The minimum absolute atomic E-state index is 0.0462. The van der Waals surface area contributed by atoms with Crippen molar-refractivity contribution in [2.24, 2.45) is 5.92 Å². The van der Waals surface area contributed by atoms with Crippen molar-refractivity contribution in [3.63, 3.8) is 0 Å². The fraction of sp³-hybridized carbons (Fsp3) is 0.250. The molecule has 1 N–H and O–H groups in total. The third-order valence-corrected chi connectivity index (χ3v) is 8.15. The quantitative estimate of drug-likeness (QED) is 0.149. The number of alkyl halides is 7. The van der Waals surface area contributed by atoms with E-state index in [9.17, 15) is 45.1 Å². The zero-order valence-corrected chi connectivity index (χ0v) is 24.2. The number of hydrogen-bond acceptors (Lipinski definition) is 3. The number of hydrogen-bond donors (Lipinski definition) is 1. The predicted molar refractivity (Wildman–Crippen MR) is 146 cm³/mol. The Balaban J connectivity index is 1.54. The van der Waals surface area contributed by atoms with Crippen LogP contribution >= 0.6 is 34.8 Å². The van der Waals surface area contributed by atoms with Gasteiger partial charge in [-0.2, -0.15) is 22.0 Å². The number of ketones is 1. The number of carbonyl (C=O) groups excluding carboxylic acids is 3. The number of carbonyl (C=O) groups is 3. The molecule has 234 valence electrons. The lowest BCUT2D eigenvalue weighted by Crippen LogP contribution is -2.33. The molecule has 0 unspecified atom stereocenters. The van der Waals surface area contributed by atoms with Crippen molar-refractivity contribution in [2.45, 2.75) is 29.3 Å². The van der Waals surface area contributed by atoms with Crippen LogP contribution in [0.4, 0.5) is 46.5 Å². The Morgan fingerprint density at radius 3 is 2.23 bits per heavy atom. The average molecular weight is 688 g/mol. The van der Waals surface area contributed by atoms with E-state index >= 15 is 4.39 Å². The number of anilines is 2. The van der Waals surface area contributed by atoms with Gasteiger partial charge in [-0.1, -0.05) is 23.7 Å². The Kier molecular flexibility index (Phi) is 9.26. The zero-order chi connectivity index (χ0) is 32.9. The fourth-order valence-corrected chi connectivity index (χ4v) is 5.66. The predicted octanol–water partition coefficient (Wildman–Crippen LogP) is 7.96. The van der Waals surface area contributed by atoms with E-state index in [1.54, 1.807) is 0 Å². The van der Waals surface area contributed by atoms with Crippen LogP contribution in [0.5, 0.6) is 0 Å². The number of nitrogens with one attached hydrogen (secondary N) is 1. The number of Topliss-reactive ketones (excluding diaryl/α,β-unsaturated/α-hetero) is 1. The summed E-state index contributed by atoms with van der Waals surface area (Å²) < 4.78 is 106. The van der Waals surface area contributed by atoms with Gasteiger partial charge in [-0.3, -0.25) is 14.4 Å². The highest BCUT2D eigenvalue weighted by molar-refractivity contribution is 6.53. The lowest BCUT2D eigenvalue weighted by atomic mass is 10.0. The van der Waals surface area contributed by atoms with Crippen LogP contribution in [0.3, 0.4) is 0 Å². The Bertz CT molecular complexity index is 1670. The van der Waals surface area contributed by atoms with Crippen molar-refractivity contribution in [2.75, 3.05) is 17.3 Å². The largest absolute Gasteiger partial charge is 0.419 e. The number of benzene rings is 3. The van der Waals surface area contributed by atoms with E-state index in [0.29, 0.717) is 18.2 Å². The maximum absolute atomic E-state index is 15.1. The molecule has 0 aliphatic heterocycles. The van der Waals surface area contributed by atoms with Gasteiger partial charge in [-0.25, -0.2) is 13.2 Å². The van der Waals surface area contributed by atoms with Crippen LogP contribution in [0, 0.1) is 23.4 Å². The SMILES string of the molecule is CN(C(=O)C(F)F)c1c(F)ccc(CC(=O)c2cc(NC(=O)[C@H]3[C@H](c4ccc(F)c(C(F)(F)F)c4)C3(Cl)Cl)ccc2Cl)c1F. The third kappa shape index (κ3) is 6.50. The van der Waals surface area contributed by atoms with E-state index < -0.39 is 87.1 Å². The van der Waals surface area contributed by atoms with Gasteiger partial charge < -0.3 is 10.2 Å². The first-order valence-corrected chi connectivity index (χ1v) is 13.4. The summed E-state index contributed by atoms with van der Waals surface area (Å²) in [6.45, 7) is 0. The van der Waals surface area contributed by atoms with Crippen LogP contribution in [-0.4, -0.2) is 35.4 Å². The van der Waals surface area contributed by atoms with Crippen molar-refractivity contribution in [3.8, 4) is 0 Å². The Labute approximate surface area is 258 Å². The van der Waals surface area contributed by atoms with Crippen molar-refractivity contribution < 1.29 is 49.5 Å². The molecule has 1 aliphatic rings. The summed E-state index contributed by atoms with van der Waals surface area (Å²) in [6.07, 6.45) is -9.34. The first kappa shape index (κ1) is 33.5. The lowest BCUT2D eigenvalue weighted by molar-refractivity contribution is -0.140. The summed E-state index contributed by atoms with van der Waals surface area (Å²) in [6, 6.07) is 7.21. The van der Waals surface area contributed by atoms with Crippen molar-refractivity contribution in [1.82, 2.24) is 0 Å². The van der Waals surface area contributed by atoms with Crippen LogP contribution in [0.1, 0.15) is 33.0 Å². The minimum atomic E-state index is -5.02. The summed E-state index contributed by atoms with van der Waals surface area (Å²) in [5, 5.41) is 2.26. The Morgan fingerprint density at radius 1 is 0.977 bits per heavy atom. The van der Waals surface area contributed by atoms with Crippen molar-refractivity contribution >= 4 is 63.8 Å². The first-order valence-electron chi connectivity index (χ1n) is 12.3. The Hall–Kier alpha value is -3.42. The second kappa shape index (κ2) is 12.2. The Morgan fingerprint density at radius 2 is 1.61 bits per heavy atom. The first-order chi connectivity index (χ1) is 20.4. The molecule has 1 saturated carbocycles. The fourth-order valence-electron chi connectivity index (χ4n) is 4.61. The van der Waals surface area contributed by atoms with Gasteiger partial charge in [0.05, 0.1) is 16.5 Å². The van der Waals surface area contributed by atoms with Crippen LogP contribution in [0.2, 0.25) is 5.02 Å². The molecule has 2 amide bonds. The molecule has 0 spiro atoms. The highest BCUT2D eigenvalue weighted by Crippen LogP contribution is 2.65. The van der Waals surface area contributed by atoms with E-state index in [4.69, 9.17) is 34.8 Å². The summed E-state index contributed by atoms with van der Waals surface area (Å²) in [7, 11) is 0.733. The number of nitrogens with zero attached hydrogens (tertiary/aromatic N) is 1. The van der Waals surface area contributed by atoms with Gasteiger partial charge in [-0.05, 0) is 47.5 Å². The normalized spacial score (nSPS) is 17.4. The van der Waals surface area contributed by atoms with Crippen molar-refractivity contribution in [3.05, 3.63) is 93.3 Å². The van der Waals surface area contributed by atoms with Gasteiger partial charge in [0.2, 0.25) is 5.91 Å². The van der Waals surface area contributed by atoms with E-state index in [1.807, 2.05) is 0 Å². The molecular weight excluding hydrogens is 671 g/mol. The minimum Gasteiger partial charge on any atom is -0.326 e. The second-order valence-corrected chi connectivity index (χ2v) is 11.6. The van der Waals surface area contributed by atoms with E-state index in [0.717, 1.165) is 25.2 Å². The molecule has 3 aromatic rings. The molecule has 44 heavy (non-hydrogen) atoms.